The van der Waals surface area contributed by atoms with Gasteiger partial charge < -0.3 is 0 Å². The van der Waals surface area contributed by atoms with Crippen molar-refractivity contribution >= 4 is 26.0 Å². The molecule has 0 atom stereocenters. The largest absolute Gasteiger partial charge is 0.298 e. The van der Waals surface area contributed by atoms with Crippen LogP contribution in [0.4, 0.5) is 0 Å². The van der Waals surface area contributed by atoms with Crippen molar-refractivity contribution in [2.75, 3.05) is 0 Å². The molecule has 1 rings (SSSR count). The second kappa shape index (κ2) is 4.01. The van der Waals surface area contributed by atoms with Crippen LogP contribution >= 0.6 is 10.7 Å². The maximum Gasteiger partial charge on any atom is 0.262 e. The van der Waals surface area contributed by atoms with Gasteiger partial charge in [-0.2, -0.15) is 5.26 Å². The molecule has 1 aromatic rings. The van der Waals surface area contributed by atoms with Crippen molar-refractivity contribution in [1.82, 2.24) is 0 Å². The van der Waals surface area contributed by atoms with Crippen molar-refractivity contribution in [3.8, 4) is 6.07 Å². The number of carbonyl (C=O) groups excluding carboxylic acids is 1. The molecule has 0 spiro atoms. The fraction of sp³-hybridized carbons (Fsp3) is 0.111. The van der Waals surface area contributed by atoms with Crippen LogP contribution in [0.3, 0.4) is 0 Å². The SMILES string of the molecule is Cc1c(C#N)ccc(C=O)c1S(=O)(=O)Cl. The van der Waals surface area contributed by atoms with E-state index < -0.39 is 9.05 Å². The third-order valence-corrected chi connectivity index (χ3v) is 3.42. The van der Waals surface area contributed by atoms with Gasteiger partial charge in [-0.1, -0.05) is 0 Å². The first-order valence-corrected chi connectivity index (χ1v) is 6.16. The van der Waals surface area contributed by atoms with E-state index in [2.05, 4.69) is 0 Å². The van der Waals surface area contributed by atoms with E-state index in [-0.39, 0.29) is 21.6 Å². The molecular formula is C9H6ClNO3S. The molecule has 4 nitrogen and oxygen atoms in total. The van der Waals surface area contributed by atoms with E-state index in [0.29, 0.717) is 6.29 Å². The molecular weight excluding hydrogens is 238 g/mol. The van der Waals surface area contributed by atoms with Crippen LogP contribution in [0, 0.1) is 18.3 Å². The highest BCUT2D eigenvalue weighted by molar-refractivity contribution is 8.13. The predicted molar refractivity (Wildman–Crippen MR) is 54.3 cm³/mol. The van der Waals surface area contributed by atoms with Crippen molar-refractivity contribution < 1.29 is 13.2 Å². The van der Waals surface area contributed by atoms with Crippen LogP contribution in [0.25, 0.3) is 0 Å². The number of aldehydes is 1. The molecule has 0 N–H and O–H groups in total. The first kappa shape index (κ1) is 11.7. The number of carbonyl (C=O) groups is 1. The molecule has 78 valence electrons. The molecule has 0 aliphatic carbocycles. The third kappa shape index (κ3) is 2.17. The van der Waals surface area contributed by atoms with Crippen molar-refractivity contribution in [3.63, 3.8) is 0 Å². The van der Waals surface area contributed by atoms with Crippen molar-refractivity contribution in [3.05, 3.63) is 28.8 Å². The van der Waals surface area contributed by atoms with Crippen LogP contribution in [0.2, 0.25) is 0 Å². The summed E-state index contributed by atoms with van der Waals surface area (Å²) in [7, 11) is 1.16. The molecule has 0 heterocycles. The second-order valence-electron chi connectivity index (χ2n) is 2.82. The van der Waals surface area contributed by atoms with Crippen molar-refractivity contribution in [2.24, 2.45) is 0 Å². The predicted octanol–water partition coefficient (Wildman–Crippen LogP) is 1.61. The molecule has 0 saturated heterocycles. The van der Waals surface area contributed by atoms with Crippen LogP contribution in [-0.2, 0) is 9.05 Å². The quantitative estimate of drug-likeness (QED) is 0.584. The Balaban J connectivity index is 3.75. The molecule has 0 unspecified atom stereocenters. The van der Waals surface area contributed by atoms with Crippen molar-refractivity contribution in [2.45, 2.75) is 11.8 Å². The fourth-order valence-electron chi connectivity index (χ4n) is 1.25. The van der Waals surface area contributed by atoms with E-state index in [9.17, 15) is 13.2 Å². The Morgan fingerprint density at radius 2 is 2.07 bits per heavy atom. The molecule has 0 saturated carbocycles. The molecule has 0 aliphatic rings. The lowest BCUT2D eigenvalue weighted by Gasteiger charge is -2.06. The average molecular weight is 244 g/mol. The van der Waals surface area contributed by atoms with E-state index in [4.69, 9.17) is 15.9 Å². The highest BCUT2D eigenvalue weighted by Gasteiger charge is 2.20. The molecule has 0 bridgehead atoms. The number of halogens is 1. The Hall–Kier alpha value is -1.38. The van der Waals surface area contributed by atoms with E-state index in [1.807, 2.05) is 6.07 Å². The number of hydrogen-bond acceptors (Lipinski definition) is 4. The molecule has 6 heteroatoms. The number of nitrogens with zero attached hydrogens (tertiary/aromatic N) is 1. The van der Waals surface area contributed by atoms with Crippen LogP contribution in [0.1, 0.15) is 21.5 Å². The molecule has 0 radical (unpaired) electrons. The van der Waals surface area contributed by atoms with Gasteiger partial charge >= 0.3 is 0 Å². The summed E-state index contributed by atoms with van der Waals surface area (Å²) in [6.45, 7) is 1.43. The zero-order chi connectivity index (χ0) is 11.6. The fourth-order valence-corrected chi connectivity index (χ4v) is 2.74. The highest BCUT2D eigenvalue weighted by Crippen LogP contribution is 2.25. The minimum absolute atomic E-state index is 0.0403. The Labute approximate surface area is 91.5 Å². The Morgan fingerprint density at radius 3 is 2.47 bits per heavy atom. The minimum Gasteiger partial charge on any atom is -0.298 e. The van der Waals surface area contributed by atoms with Gasteiger partial charge in [-0.25, -0.2) is 8.42 Å². The molecule has 0 aromatic heterocycles. The first-order chi connectivity index (χ1) is 6.91. The van der Waals surface area contributed by atoms with Gasteiger partial charge in [0.25, 0.3) is 9.05 Å². The van der Waals surface area contributed by atoms with Gasteiger partial charge in [0.1, 0.15) is 0 Å². The van der Waals surface area contributed by atoms with E-state index in [0.717, 1.165) is 0 Å². The Bertz CT molecular complexity index is 557. The van der Waals surface area contributed by atoms with Crippen molar-refractivity contribution in [1.29, 1.82) is 5.26 Å². The summed E-state index contributed by atoms with van der Waals surface area (Å²) in [6, 6.07) is 4.46. The maximum absolute atomic E-state index is 11.2. The van der Waals surface area contributed by atoms with Gasteiger partial charge in [0, 0.05) is 16.2 Å². The number of benzene rings is 1. The normalized spacial score (nSPS) is 10.7. The lowest BCUT2D eigenvalue weighted by Crippen LogP contribution is -2.02. The first-order valence-electron chi connectivity index (χ1n) is 3.85. The minimum atomic E-state index is -4.02. The highest BCUT2D eigenvalue weighted by atomic mass is 35.7. The molecule has 15 heavy (non-hydrogen) atoms. The van der Waals surface area contributed by atoms with Crippen LogP contribution in [0.15, 0.2) is 17.0 Å². The van der Waals surface area contributed by atoms with Gasteiger partial charge in [0.05, 0.1) is 16.5 Å². The van der Waals surface area contributed by atoms with Crippen LogP contribution in [0.5, 0.6) is 0 Å². The van der Waals surface area contributed by atoms with E-state index in [1.165, 1.54) is 19.1 Å². The average Bonchev–Trinajstić information content (AvgIpc) is 2.15. The lowest BCUT2D eigenvalue weighted by molar-refractivity contribution is 0.112. The molecule has 0 amide bonds. The van der Waals surface area contributed by atoms with Gasteiger partial charge in [0.2, 0.25) is 0 Å². The van der Waals surface area contributed by atoms with E-state index in [1.54, 1.807) is 0 Å². The maximum atomic E-state index is 11.2. The molecule has 0 aliphatic heterocycles. The third-order valence-electron chi connectivity index (χ3n) is 1.93. The summed E-state index contributed by atoms with van der Waals surface area (Å²) in [4.78, 5) is 10.3. The molecule has 0 fully saturated rings. The van der Waals surface area contributed by atoms with Gasteiger partial charge in [-0.05, 0) is 24.6 Å². The summed E-state index contributed by atoms with van der Waals surface area (Å²) >= 11 is 0. The Kier molecular flexibility index (Phi) is 3.12. The topological polar surface area (TPSA) is 75.0 Å². The van der Waals surface area contributed by atoms with Gasteiger partial charge in [0.15, 0.2) is 6.29 Å². The van der Waals surface area contributed by atoms with Gasteiger partial charge in [-0.15, -0.1) is 0 Å². The standard InChI is InChI=1S/C9H6ClNO3S/c1-6-7(4-11)2-3-8(5-12)9(6)15(10,13)14/h2-3,5H,1H3. The summed E-state index contributed by atoms with van der Waals surface area (Å²) in [5.74, 6) is 0. The van der Waals surface area contributed by atoms with E-state index >= 15 is 0 Å². The monoisotopic (exact) mass is 243 g/mol. The van der Waals surface area contributed by atoms with Crippen LogP contribution < -0.4 is 0 Å². The molecule has 1 aromatic carbocycles. The summed E-state index contributed by atoms with van der Waals surface area (Å²) < 4.78 is 22.4. The summed E-state index contributed by atoms with van der Waals surface area (Å²) in [5, 5.41) is 8.70. The summed E-state index contributed by atoms with van der Waals surface area (Å²) in [5.41, 5.74) is 0.332. The lowest BCUT2D eigenvalue weighted by atomic mass is 10.1. The second-order valence-corrected chi connectivity index (χ2v) is 5.33. The van der Waals surface area contributed by atoms with Crippen LogP contribution in [-0.4, -0.2) is 14.7 Å². The summed E-state index contributed by atoms with van der Waals surface area (Å²) in [6.07, 6.45) is 0.392. The number of rotatable bonds is 2. The number of hydrogen-bond donors (Lipinski definition) is 0. The smallest absolute Gasteiger partial charge is 0.262 e. The Morgan fingerprint density at radius 1 is 1.47 bits per heavy atom. The van der Waals surface area contributed by atoms with Gasteiger partial charge in [-0.3, -0.25) is 4.79 Å². The zero-order valence-electron chi connectivity index (χ0n) is 7.69. The zero-order valence-corrected chi connectivity index (χ0v) is 9.26. The number of nitriles is 1.